The molecule has 2 aliphatic rings. The van der Waals surface area contributed by atoms with Gasteiger partial charge in [0.15, 0.2) is 0 Å². The minimum atomic E-state index is 0.791. The zero-order valence-corrected chi connectivity index (χ0v) is 7.84. The van der Waals surface area contributed by atoms with Crippen LogP contribution in [0.4, 0.5) is 0 Å². The number of hydrogen-bond donors (Lipinski definition) is 0. The summed E-state index contributed by atoms with van der Waals surface area (Å²) in [5.74, 6) is 0.791. The van der Waals surface area contributed by atoms with Gasteiger partial charge in [-0.1, -0.05) is 12.5 Å². The van der Waals surface area contributed by atoms with E-state index in [1.54, 1.807) is 0 Å². The summed E-state index contributed by atoms with van der Waals surface area (Å²) in [5.41, 5.74) is 0. The van der Waals surface area contributed by atoms with Crippen molar-refractivity contribution < 1.29 is 0 Å². The van der Waals surface area contributed by atoms with E-state index in [9.17, 15) is 0 Å². The van der Waals surface area contributed by atoms with Crippen molar-refractivity contribution in [1.29, 1.82) is 0 Å². The first-order valence-corrected chi connectivity index (χ1v) is 5.28. The van der Waals surface area contributed by atoms with E-state index >= 15 is 0 Å². The van der Waals surface area contributed by atoms with Gasteiger partial charge in [0.25, 0.3) is 0 Å². The number of piperidine rings is 2. The second-order valence-corrected chi connectivity index (χ2v) is 4.14. The largest absolute Gasteiger partial charge is 0.300 e. The summed E-state index contributed by atoms with van der Waals surface area (Å²) < 4.78 is 0. The van der Waals surface area contributed by atoms with Crippen molar-refractivity contribution in [3.8, 4) is 0 Å². The van der Waals surface area contributed by atoms with E-state index in [1.807, 2.05) is 0 Å². The molecule has 0 radical (unpaired) electrons. The molecule has 0 unspecified atom stereocenters. The molecular weight excluding hydrogens is 146 g/mol. The fraction of sp³-hybridized carbons (Fsp3) is 0.818. The standard InChI is InChI=1S/C11H19N/c1-2-10-6-5-9-12-8-4-3-7-11(10)12/h2,10-11H,1,3-9H2/t10-,11+/m0/s1. The smallest absolute Gasteiger partial charge is 0.0158 e. The van der Waals surface area contributed by atoms with Crippen LogP contribution in [0.15, 0.2) is 12.7 Å². The summed E-state index contributed by atoms with van der Waals surface area (Å²) in [4.78, 5) is 2.68. The Morgan fingerprint density at radius 1 is 1.08 bits per heavy atom. The zero-order chi connectivity index (χ0) is 8.39. The summed E-state index contributed by atoms with van der Waals surface area (Å²) in [5, 5.41) is 0. The molecular formula is C11H19N. The highest BCUT2D eigenvalue weighted by atomic mass is 15.2. The lowest BCUT2D eigenvalue weighted by atomic mass is 9.84. The van der Waals surface area contributed by atoms with Gasteiger partial charge in [0, 0.05) is 6.04 Å². The molecule has 1 nitrogen and oxygen atoms in total. The molecule has 2 fully saturated rings. The fourth-order valence-electron chi connectivity index (χ4n) is 2.78. The number of fused-ring (bicyclic) bond motifs is 1. The zero-order valence-electron chi connectivity index (χ0n) is 7.84. The van der Waals surface area contributed by atoms with Gasteiger partial charge >= 0.3 is 0 Å². The lowest BCUT2D eigenvalue weighted by molar-refractivity contribution is 0.0786. The molecule has 0 aromatic rings. The van der Waals surface area contributed by atoms with Crippen LogP contribution in [0.25, 0.3) is 0 Å². The van der Waals surface area contributed by atoms with Crippen molar-refractivity contribution in [2.45, 2.75) is 38.1 Å². The van der Waals surface area contributed by atoms with Gasteiger partial charge < -0.3 is 0 Å². The molecule has 2 atom stereocenters. The van der Waals surface area contributed by atoms with Gasteiger partial charge in [0.1, 0.15) is 0 Å². The molecule has 0 N–H and O–H groups in total. The van der Waals surface area contributed by atoms with Crippen LogP contribution in [0.5, 0.6) is 0 Å². The minimum Gasteiger partial charge on any atom is -0.300 e. The molecule has 2 rings (SSSR count). The lowest BCUT2D eigenvalue weighted by Crippen LogP contribution is -2.47. The molecule has 0 aromatic carbocycles. The van der Waals surface area contributed by atoms with Crippen molar-refractivity contribution in [2.24, 2.45) is 5.92 Å². The van der Waals surface area contributed by atoms with Crippen LogP contribution in [-0.2, 0) is 0 Å². The average molecular weight is 165 g/mol. The van der Waals surface area contributed by atoms with Gasteiger partial charge in [-0.25, -0.2) is 0 Å². The first-order chi connectivity index (χ1) is 5.92. The minimum absolute atomic E-state index is 0.791. The predicted octanol–water partition coefficient (Wildman–Crippen LogP) is 2.44. The molecule has 68 valence electrons. The van der Waals surface area contributed by atoms with E-state index in [2.05, 4.69) is 17.6 Å². The number of hydrogen-bond acceptors (Lipinski definition) is 1. The third-order valence-corrected chi connectivity index (χ3v) is 3.44. The van der Waals surface area contributed by atoms with E-state index in [0.29, 0.717) is 0 Å². The quantitative estimate of drug-likeness (QED) is 0.539. The van der Waals surface area contributed by atoms with Crippen LogP contribution in [0.3, 0.4) is 0 Å². The van der Waals surface area contributed by atoms with Crippen LogP contribution in [0.1, 0.15) is 32.1 Å². The van der Waals surface area contributed by atoms with Crippen LogP contribution < -0.4 is 0 Å². The molecule has 0 spiro atoms. The average Bonchev–Trinajstić information content (AvgIpc) is 2.17. The van der Waals surface area contributed by atoms with Crippen LogP contribution in [-0.4, -0.2) is 24.0 Å². The van der Waals surface area contributed by atoms with Gasteiger partial charge in [-0.2, -0.15) is 0 Å². The molecule has 0 aromatic heterocycles. The van der Waals surface area contributed by atoms with Crippen molar-refractivity contribution in [3.63, 3.8) is 0 Å². The Morgan fingerprint density at radius 2 is 1.92 bits per heavy atom. The van der Waals surface area contributed by atoms with E-state index in [-0.39, 0.29) is 0 Å². The SMILES string of the molecule is C=C[C@H]1CCCN2CCCC[C@H]12. The summed E-state index contributed by atoms with van der Waals surface area (Å²) in [6.45, 7) is 6.63. The van der Waals surface area contributed by atoms with Crippen LogP contribution in [0.2, 0.25) is 0 Å². The Balaban J connectivity index is 2.03. The Morgan fingerprint density at radius 3 is 2.75 bits per heavy atom. The number of rotatable bonds is 1. The van der Waals surface area contributed by atoms with Crippen molar-refractivity contribution >= 4 is 0 Å². The Kier molecular flexibility index (Phi) is 2.50. The normalized spacial score (nSPS) is 37.3. The molecule has 2 aliphatic heterocycles. The lowest BCUT2D eigenvalue weighted by Gasteiger charge is -2.43. The predicted molar refractivity (Wildman–Crippen MR) is 52.1 cm³/mol. The highest BCUT2D eigenvalue weighted by Crippen LogP contribution is 2.30. The summed E-state index contributed by atoms with van der Waals surface area (Å²) in [6.07, 6.45) is 9.21. The second-order valence-electron chi connectivity index (χ2n) is 4.14. The van der Waals surface area contributed by atoms with Crippen molar-refractivity contribution in [3.05, 3.63) is 12.7 Å². The van der Waals surface area contributed by atoms with E-state index in [0.717, 1.165) is 12.0 Å². The molecule has 2 saturated heterocycles. The highest BCUT2D eigenvalue weighted by molar-refractivity contribution is 4.94. The van der Waals surface area contributed by atoms with Gasteiger partial charge in [-0.3, -0.25) is 4.90 Å². The topological polar surface area (TPSA) is 3.24 Å². The van der Waals surface area contributed by atoms with Crippen molar-refractivity contribution in [1.82, 2.24) is 4.90 Å². The maximum atomic E-state index is 3.95. The Labute approximate surface area is 75.4 Å². The molecule has 0 bridgehead atoms. The molecule has 12 heavy (non-hydrogen) atoms. The van der Waals surface area contributed by atoms with Gasteiger partial charge in [-0.15, -0.1) is 6.58 Å². The van der Waals surface area contributed by atoms with Crippen molar-refractivity contribution in [2.75, 3.05) is 13.1 Å². The fourth-order valence-corrected chi connectivity index (χ4v) is 2.78. The van der Waals surface area contributed by atoms with Gasteiger partial charge in [-0.05, 0) is 44.7 Å². The summed E-state index contributed by atoms with van der Waals surface area (Å²) in [7, 11) is 0. The molecule has 1 heteroatoms. The summed E-state index contributed by atoms with van der Waals surface area (Å²) in [6, 6.07) is 0.852. The second kappa shape index (κ2) is 3.61. The van der Waals surface area contributed by atoms with Crippen LogP contribution in [0, 0.1) is 5.92 Å². The Hall–Kier alpha value is -0.300. The molecule has 0 aliphatic carbocycles. The van der Waals surface area contributed by atoms with Gasteiger partial charge in [0.2, 0.25) is 0 Å². The molecule has 0 amide bonds. The maximum absolute atomic E-state index is 3.95. The van der Waals surface area contributed by atoms with E-state index in [4.69, 9.17) is 0 Å². The van der Waals surface area contributed by atoms with E-state index in [1.165, 1.54) is 45.2 Å². The summed E-state index contributed by atoms with van der Waals surface area (Å²) >= 11 is 0. The maximum Gasteiger partial charge on any atom is 0.0158 e. The monoisotopic (exact) mass is 165 g/mol. The van der Waals surface area contributed by atoms with Crippen LogP contribution >= 0.6 is 0 Å². The molecule has 2 heterocycles. The third kappa shape index (κ3) is 1.42. The van der Waals surface area contributed by atoms with Gasteiger partial charge in [0.05, 0.1) is 0 Å². The number of nitrogens with zero attached hydrogens (tertiary/aromatic N) is 1. The van der Waals surface area contributed by atoms with E-state index < -0.39 is 0 Å². The third-order valence-electron chi connectivity index (χ3n) is 3.44. The Bertz CT molecular complexity index is 162. The highest BCUT2D eigenvalue weighted by Gasteiger charge is 2.30. The first-order valence-electron chi connectivity index (χ1n) is 5.28. The molecule has 0 saturated carbocycles. The first kappa shape index (κ1) is 8.31.